The van der Waals surface area contributed by atoms with Crippen LogP contribution in [0.25, 0.3) is 0 Å². The van der Waals surface area contributed by atoms with Gasteiger partial charge in [0.05, 0.1) is 15.4 Å². The second-order valence-electron chi connectivity index (χ2n) is 5.16. The van der Waals surface area contributed by atoms with Gasteiger partial charge in [0.15, 0.2) is 0 Å². The normalized spacial score (nSPS) is 23.1. The van der Waals surface area contributed by atoms with E-state index < -0.39 is 20.5 Å². The van der Waals surface area contributed by atoms with Gasteiger partial charge in [0.2, 0.25) is 10.0 Å². The lowest BCUT2D eigenvalue weighted by Crippen LogP contribution is -2.29. The number of nitrogens with two attached hydrogens (primary N) is 1. The number of rotatable bonds is 3. The molecule has 0 bridgehead atoms. The molecule has 0 amide bonds. The van der Waals surface area contributed by atoms with Crippen LogP contribution in [0.5, 0.6) is 0 Å². The van der Waals surface area contributed by atoms with Crippen molar-refractivity contribution in [2.45, 2.75) is 23.8 Å². The van der Waals surface area contributed by atoms with E-state index in [4.69, 9.17) is 5.14 Å². The molecule has 1 unspecified atom stereocenters. The van der Waals surface area contributed by atoms with Crippen LogP contribution in [0, 0.1) is 10.1 Å². The van der Waals surface area contributed by atoms with E-state index in [2.05, 4.69) is 0 Å². The van der Waals surface area contributed by atoms with Crippen LogP contribution in [0.2, 0.25) is 0 Å². The fourth-order valence-corrected chi connectivity index (χ4v) is 2.76. The summed E-state index contributed by atoms with van der Waals surface area (Å²) in [4.78, 5) is 11.6. The molecule has 1 aromatic carbocycles. The summed E-state index contributed by atoms with van der Waals surface area (Å²) < 4.78 is 22.8. The third-order valence-corrected chi connectivity index (χ3v) is 4.13. The Morgan fingerprint density at radius 2 is 2.10 bits per heavy atom. The van der Waals surface area contributed by atoms with E-state index in [9.17, 15) is 23.6 Å². The summed E-state index contributed by atoms with van der Waals surface area (Å²) in [7, 11) is -4.03. The maximum Gasteiger partial charge on any atom is 0.272 e. The lowest BCUT2D eigenvalue weighted by molar-refractivity contribution is -0.385. The van der Waals surface area contributed by atoms with Crippen molar-refractivity contribution in [3.63, 3.8) is 0 Å². The van der Waals surface area contributed by atoms with E-state index in [-0.39, 0.29) is 17.1 Å². The van der Waals surface area contributed by atoms with Crippen molar-refractivity contribution >= 4 is 21.4 Å². The second-order valence-corrected chi connectivity index (χ2v) is 6.72. The monoisotopic (exact) mass is 301 g/mol. The molecule has 110 valence electrons. The van der Waals surface area contributed by atoms with E-state index >= 15 is 0 Å². The molecule has 1 heterocycles. The minimum absolute atomic E-state index is 0.276. The number of primary sulfonamides is 1. The van der Waals surface area contributed by atoms with Crippen LogP contribution in [-0.4, -0.2) is 37.1 Å². The molecule has 0 spiro atoms. The highest BCUT2D eigenvalue weighted by Gasteiger charge is 2.32. The van der Waals surface area contributed by atoms with Gasteiger partial charge < -0.3 is 10.0 Å². The van der Waals surface area contributed by atoms with Gasteiger partial charge in [-0.3, -0.25) is 10.1 Å². The van der Waals surface area contributed by atoms with E-state index in [0.29, 0.717) is 18.7 Å². The number of β-amino-alcohol motifs (C(OH)–C–C–N with tert-alkyl or cyclic N) is 1. The van der Waals surface area contributed by atoms with Crippen LogP contribution in [0.1, 0.15) is 13.3 Å². The van der Waals surface area contributed by atoms with Gasteiger partial charge in [-0.25, -0.2) is 13.6 Å². The highest BCUT2D eigenvalue weighted by molar-refractivity contribution is 7.89. The minimum Gasteiger partial charge on any atom is -0.388 e. The van der Waals surface area contributed by atoms with Crippen molar-refractivity contribution in [1.82, 2.24) is 0 Å². The number of nitro benzene ring substituents is 1. The number of non-ortho nitro benzene ring substituents is 1. The number of benzene rings is 1. The summed E-state index contributed by atoms with van der Waals surface area (Å²) in [6.45, 7) is 2.42. The Kier molecular flexibility index (Phi) is 3.44. The predicted molar refractivity (Wildman–Crippen MR) is 71.9 cm³/mol. The molecule has 2 rings (SSSR count). The molecule has 1 atom stereocenters. The standard InChI is InChI=1S/C11H15N3O5S/c1-11(15)2-3-13(7-11)8-4-9(14(16)17)6-10(5-8)20(12,18)19/h4-6,15H,2-3,7H2,1H3,(H2,12,18,19). The molecule has 8 nitrogen and oxygen atoms in total. The zero-order valence-electron chi connectivity index (χ0n) is 10.8. The van der Waals surface area contributed by atoms with Crippen molar-refractivity contribution in [3.8, 4) is 0 Å². The van der Waals surface area contributed by atoms with E-state index in [1.54, 1.807) is 11.8 Å². The van der Waals surface area contributed by atoms with Crippen LogP contribution in [0.3, 0.4) is 0 Å². The summed E-state index contributed by atoms with van der Waals surface area (Å²) in [5, 5.41) is 25.8. The zero-order chi connectivity index (χ0) is 15.1. The summed E-state index contributed by atoms with van der Waals surface area (Å²) in [5.41, 5.74) is -0.883. The summed E-state index contributed by atoms with van der Waals surface area (Å²) in [6.07, 6.45) is 0.500. The predicted octanol–water partition coefficient (Wildman–Crippen LogP) is 0.203. The quantitative estimate of drug-likeness (QED) is 0.606. The third kappa shape index (κ3) is 3.06. The van der Waals surface area contributed by atoms with E-state index in [1.807, 2.05) is 0 Å². The maximum atomic E-state index is 11.4. The molecule has 9 heteroatoms. The zero-order valence-corrected chi connectivity index (χ0v) is 11.6. The Balaban J connectivity index is 2.48. The molecule has 1 aromatic rings. The lowest BCUT2D eigenvalue weighted by atomic mass is 10.1. The summed E-state index contributed by atoms with van der Waals surface area (Å²) >= 11 is 0. The van der Waals surface area contributed by atoms with Crippen molar-refractivity contribution in [2.24, 2.45) is 5.14 Å². The fourth-order valence-electron chi connectivity index (χ4n) is 2.19. The van der Waals surface area contributed by atoms with Gasteiger partial charge >= 0.3 is 0 Å². The number of nitro groups is 1. The lowest BCUT2D eigenvalue weighted by Gasteiger charge is -2.21. The average molecular weight is 301 g/mol. The first-order chi connectivity index (χ1) is 9.08. The van der Waals surface area contributed by atoms with Crippen molar-refractivity contribution in [3.05, 3.63) is 28.3 Å². The Morgan fingerprint density at radius 1 is 1.45 bits per heavy atom. The molecule has 0 saturated carbocycles. The molecule has 3 N–H and O–H groups in total. The van der Waals surface area contributed by atoms with Crippen LogP contribution < -0.4 is 10.0 Å². The van der Waals surface area contributed by atoms with Crippen molar-refractivity contribution in [1.29, 1.82) is 0 Å². The summed E-state index contributed by atoms with van der Waals surface area (Å²) in [6, 6.07) is 3.48. The van der Waals surface area contributed by atoms with Crippen LogP contribution in [0.15, 0.2) is 23.1 Å². The maximum absolute atomic E-state index is 11.4. The molecule has 0 radical (unpaired) electrons. The molecular weight excluding hydrogens is 286 g/mol. The molecule has 1 aliphatic rings. The smallest absolute Gasteiger partial charge is 0.272 e. The second kappa shape index (κ2) is 4.69. The third-order valence-electron chi connectivity index (χ3n) is 3.23. The number of nitrogens with zero attached hydrogens (tertiary/aromatic N) is 2. The van der Waals surface area contributed by atoms with Gasteiger partial charge in [-0.2, -0.15) is 0 Å². The summed E-state index contributed by atoms with van der Waals surface area (Å²) in [5.74, 6) is 0. The van der Waals surface area contributed by atoms with Crippen molar-refractivity contribution in [2.75, 3.05) is 18.0 Å². The number of aliphatic hydroxyl groups is 1. The Hall–Kier alpha value is -1.71. The topological polar surface area (TPSA) is 127 Å². The molecule has 0 aliphatic carbocycles. The number of hydrogen-bond acceptors (Lipinski definition) is 6. The van der Waals surface area contributed by atoms with Gasteiger partial charge in [-0.1, -0.05) is 0 Å². The Labute approximate surface area is 116 Å². The highest BCUT2D eigenvalue weighted by atomic mass is 32.2. The Bertz CT molecular complexity index is 656. The number of hydrogen-bond donors (Lipinski definition) is 2. The van der Waals surface area contributed by atoms with Crippen molar-refractivity contribution < 1.29 is 18.4 Å². The number of sulfonamides is 1. The highest BCUT2D eigenvalue weighted by Crippen LogP contribution is 2.31. The first-order valence-corrected chi connectivity index (χ1v) is 7.43. The van der Waals surface area contributed by atoms with Crippen LogP contribution in [-0.2, 0) is 10.0 Å². The molecular formula is C11H15N3O5S. The van der Waals surface area contributed by atoms with Crippen LogP contribution >= 0.6 is 0 Å². The number of anilines is 1. The van der Waals surface area contributed by atoms with E-state index in [0.717, 1.165) is 6.07 Å². The SMILES string of the molecule is CC1(O)CCN(c2cc([N+](=O)[O-])cc(S(N)(=O)=O)c2)C1. The van der Waals surface area contributed by atoms with E-state index in [1.165, 1.54) is 12.1 Å². The molecule has 1 aliphatic heterocycles. The minimum atomic E-state index is -4.03. The van der Waals surface area contributed by atoms with Gasteiger partial charge in [-0.05, 0) is 19.4 Å². The Morgan fingerprint density at radius 3 is 2.55 bits per heavy atom. The van der Waals surface area contributed by atoms with Gasteiger partial charge in [-0.15, -0.1) is 0 Å². The average Bonchev–Trinajstić information content (AvgIpc) is 2.68. The molecule has 20 heavy (non-hydrogen) atoms. The van der Waals surface area contributed by atoms with Gasteiger partial charge in [0.1, 0.15) is 0 Å². The van der Waals surface area contributed by atoms with Gasteiger partial charge in [0.25, 0.3) is 5.69 Å². The fraction of sp³-hybridized carbons (Fsp3) is 0.455. The first-order valence-electron chi connectivity index (χ1n) is 5.88. The van der Waals surface area contributed by atoms with Gasteiger partial charge in [0, 0.05) is 30.9 Å². The molecule has 0 aromatic heterocycles. The molecule has 1 saturated heterocycles. The molecule has 1 fully saturated rings. The van der Waals surface area contributed by atoms with Crippen LogP contribution in [0.4, 0.5) is 11.4 Å². The largest absolute Gasteiger partial charge is 0.388 e. The first kappa shape index (κ1) is 14.7.